The fraction of sp³-hybridized carbons (Fsp3) is 0.500. The SMILES string of the molecule is CCN(CCNS(C)(=O)=O)c1ccc(Nc2ccc(NS(=O)(=O)c3c(C(C)C)cc(C(C)C)cc3C(C)C)cc2NS(=O)(=O)c2c(C(C)C)cc(C(C)C)cc2C(C)C)c(C)c1. The fourth-order valence-corrected chi connectivity index (χ4v) is 11.6. The summed E-state index contributed by atoms with van der Waals surface area (Å²) in [5.74, 6) is 0.0184. The molecular formula is C48H71N5O6S3. The standard InChI is InChI=1S/C48H71N5O6S3/c1-16-53(22-21-49-60(15,54)55)39-18-20-44(35(14)23-39)50-45-19-17-38(51-61(56,57)47-40(31(6)7)24-36(29(2)3)25-41(47)32(8)9)28-46(45)52-62(58,59)48-42(33(10)11)26-37(30(4)5)27-43(48)34(12)13/h17-20,23-34,49-52H,16,21-22H2,1-15H3. The molecule has 342 valence electrons. The van der Waals surface area contributed by atoms with Crippen LogP contribution in [0.4, 0.5) is 28.4 Å². The van der Waals surface area contributed by atoms with Crippen LogP contribution in [-0.4, -0.2) is 51.1 Å². The van der Waals surface area contributed by atoms with Crippen LogP contribution in [0.15, 0.2) is 70.5 Å². The minimum Gasteiger partial charge on any atom is -0.370 e. The lowest BCUT2D eigenvalue weighted by Gasteiger charge is -2.25. The van der Waals surface area contributed by atoms with Crippen LogP contribution in [0.2, 0.25) is 0 Å². The Kier molecular flexibility index (Phi) is 16.4. The minimum absolute atomic E-state index is 0.0812. The highest BCUT2D eigenvalue weighted by molar-refractivity contribution is 7.93. The van der Waals surface area contributed by atoms with Crippen molar-refractivity contribution in [1.82, 2.24) is 4.72 Å². The molecule has 4 rings (SSSR count). The normalized spacial score (nSPS) is 12.7. The van der Waals surface area contributed by atoms with Crippen molar-refractivity contribution in [2.24, 2.45) is 0 Å². The number of aryl methyl sites for hydroxylation is 1. The molecule has 0 aliphatic heterocycles. The van der Waals surface area contributed by atoms with E-state index in [1.807, 2.05) is 112 Å². The highest BCUT2D eigenvalue weighted by atomic mass is 32.2. The molecule has 0 fully saturated rings. The van der Waals surface area contributed by atoms with Gasteiger partial charge in [-0.2, -0.15) is 0 Å². The molecule has 4 N–H and O–H groups in total. The second kappa shape index (κ2) is 20.2. The molecule has 0 saturated carbocycles. The molecule has 14 heteroatoms. The van der Waals surface area contributed by atoms with Gasteiger partial charge in [-0.1, -0.05) is 107 Å². The highest BCUT2D eigenvalue weighted by Crippen LogP contribution is 2.40. The molecule has 0 saturated heterocycles. The summed E-state index contributed by atoms with van der Waals surface area (Å²) in [7, 11) is -11.8. The fourth-order valence-electron chi connectivity index (χ4n) is 7.57. The third-order valence-corrected chi connectivity index (χ3v) is 14.9. The number of hydrogen-bond acceptors (Lipinski definition) is 8. The topological polar surface area (TPSA) is 154 Å². The Morgan fingerprint density at radius 3 is 1.35 bits per heavy atom. The van der Waals surface area contributed by atoms with Crippen molar-refractivity contribution >= 4 is 58.5 Å². The number of benzene rings is 4. The monoisotopic (exact) mass is 909 g/mol. The van der Waals surface area contributed by atoms with Gasteiger partial charge in [0.2, 0.25) is 10.0 Å². The van der Waals surface area contributed by atoms with E-state index in [0.717, 1.165) is 39.8 Å². The number of nitrogens with zero attached hydrogens (tertiary/aromatic N) is 1. The molecule has 0 aliphatic carbocycles. The molecule has 0 atom stereocenters. The van der Waals surface area contributed by atoms with Gasteiger partial charge >= 0.3 is 0 Å². The van der Waals surface area contributed by atoms with Crippen LogP contribution in [0.25, 0.3) is 0 Å². The van der Waals surface area contributed by atoms with Crippen molar-refractivity contribution < 1.29 is 25.3 Å². The summed E-state index contributed by atoms with van der Waals surface area (Å²) in [5, 5.41) is 3.43. The van der Waals surface area contributed by atoms with Crippen molar-refractivity contribution in [2.75, 3.05) is 45.6 Å². The first-order valence-electron chi connectivity index (χ1n) is 21.8. The van der Waals surface area contributed by atoms with Gasteiger partial charge < -0.3 is 10.2 Å². The molecule has 0 amide bonds. The second-order valence-electron chi connectivity index (χ2n) is 18.3. The second-order valence-corrected chi connectivity index (χ2v) is 23.4. The van der Waals surface area contributed by atoms with Crippen LogP contribution in [0.5, 0.6) is 0 Å². The largest absolute Gasteiger partial charge is 0.370 e. The van der Waals surface area contributed by atoms with Gasteiger partial charge in [-0.3, -0.25) is 9.44 Å². The van der Waals surface area contributed by atoms with Gasteiger partial charge in [-0.25, -0.2) is 30.0 Å². The average Bonchev–Trinajstić information content (AvgIpc) is 3.16. The summed E-state index contributed by atoms with van der Waals surface area (Å²) in [6.45, 7) is 29.6. The van der Waals surface area contributed by atoms with Crippen molar-refractivity contribution in [3.63, 3.8) is 0 Å². The van der Waals surface area contributed by atoms with Gasteiger partial charge in [0, 0.05) is 31.0 Å². The van der Waals surface area contributed by atoms with Crippen LogP contribution >= 0.6 is 0 Å². The molecule has 4 aromatic carbocycles. The summed E-state index contributed by atoms with van der Waals surface area (Å²) in [4.78, 5) is 2.53. The van der Waals surface area contributed by atoms with Crippen LogP contribution in [0.1, 0.15) is 164 Å². The molecular weight excluding hydrogens is 839 g/mol. The van der Waals surface area contributed by atoms with Gasteiger partial charge in [-0.15, -0.1) is 0 Å². The van der Waals surface area contributed by atoms with Gasteiger partial charge in [0.1, 0.15) is 0 Å². The summed E-state index contributed by atoms with van der Waals surface area (Å²) >= 11 is 0. The zero-order valence-electron chi connectivity index (χ0n) is 39.5. The number of likely N-dealkylation sites (N-methyl/N-ethyl adjacent to an activating group) is 1. The first kappa shape index (κ1) is 50.5. The highest BCUT2D eigenvalue weighted by Gasteiger charge is 2.30. The smallest absolute Gasteiger partial charge is 0.262 e. The number of nitrogens with one attached hydrogen (secondary N) is 4. The van der Waals surface area contributed by atoms with Crippen LogP contribution in [-0.2, 0) is 30.1 Å². The van der Waals surface area contributed by atoms with E-state index in [-0.39, 0.29) is 63.2 Å². The van der Waals surface area contributed by atoms with Crippen LogP contribution in [0, 0.1) is 6.92 Å². The summed E-state index contributed by atoms with van der Waals surface area (Å²) in [5.41, 5.74) is 8.24. The molecule has 0 radical (unpaired) electrons. The van der Waals surface area contributed by atoms with Gasteiger partial charge in [0.15, 0.2) is 0 Å². The zero-order valence-corrected chi connectivity index (χ0v) is 41.9. The Hall–Kier alpha value is -4.11. The Morgan fingerprint density at radius 1 is 0.532 bits per heavy atom. The van der Waals surface area contributed by atoms with E-state index < -0.39 is 30.1 Å². The maximum absolute atomic E-state index is 14.9. The van der Waals surface area contributed by atoms with Crippen molar-refractivity contribution in [3.8, 4) is 0 Å². The van der Waals surface area contributed by atoms with E-state index in [2.05, 4.69) is 52.1 Å². The lowest BCUT2D eigenvalue weighted by Crippen LogP contribution is -2.34. The molecule has 0 spiro atoms. The Bertz CT molecular complexity index is 2510. The molecule has 0 heterocycles. The third-order valence-electron chi connectivity index (χ3n) is 11.2. The maximum Gasteiger partial charge on any atom is 0.262 e. The number of sulfonamides is 3. The van der Waals surface area contributed by atoms with Crippen LogP contribution in [0.3, 0.4) is 0 Å². The predicted octanol–water partition coefficient (Wildman–Crippen LogP) is 11.5. The van der Waals surface area contributed by atoms with E-state index in [1.54, 1.807) is 12.1 Å². The van der Waals surface area contributed by atoms with Crippen molar-refractivity contribution in [2.45, 2.75) is 142 Å². The van der Waals surface area contributed by atoms with E-state index >= 15 is 0 Å². The van der Waals surface area contributed by atoms with Crippen molar-refractivity contribution in [1.29, 1.82) is 0 Å². The predicted molar refractivity (Wildman–Crippen MR) is 261 cm³/mol. The van der Waals surface area contributed by atoms with Gasteiger partial charge in [0.25, 0.3) is 20.0 Å². The average molecular weight is 910 g/mol. The van der Waals surface area contributed by atoms with E-state index in [0.29, 0.717) is 35.6 Å². The Labute approximate surface area is 374 Å². The van der Waals surface area contributed by atoms with E-state index in [1.165, 1.54) is 6.07 Å². The third kappa shape index (κ3) is 12.3. The lowest BCUT2D eigenvalue weighted by atomic mass is 9.89. The lowest BCUT2D eigenvalue weighted by molar-refractivity contribution is 0.586. The summed E-state index contributed by atoms with van der Waals surface area (Å²) < 4.78 is 90.7. The van der Waals surface area contributed by atoms with Gasteiger partial charge in [0.05, 0.1) is 33.1 Å². The van der Waals surface area contributed by atoms with Crippen molar-refractivity contribution in [3.05, 3.63) is 99.6 Å². The molecule has 0 bridgehead atoms. The number of rotatable bonds is 20. The molecule has 0 aromatic heterocycles. The van der Waals surface area contributed by atoms with Gasteiger partial charge in [-0.05, 0) is 125 Å². The number of anilines is 5. The first-order valence-corrected chi connectivity index (χ1v) is 26.6. The Balaban J connectivity index is 1.90. The number of hydrogen-bond donors (Lipinski definition) is 4. The summed E-state index contributed by atoms with van der Waals surface area (Å²) in [6.07, 6.45) is 1.13. The minimum atomic E-state index is -4.26. The molecule has 4 aromatic rings. The zero-order chi connectivity index (χ0) is 46.6. The quantitative estimate of drug-likeness (QED) is 0.0683. The molecule has 62 heavy (non-hydrogen) atoms. The van der Waals surface area contributed by atoms with E-state index in [9.17, 15) is 25.3 Å². The van der Waals surface area contributed by atoms with Crippen LogP contribution < -0.4 is 24.4 Å². The Morgan fingerprint density at radius 2 is 0.968 bits per heavy atom. The maximum atomic E-state index is 14.9. The molecule has 0 unspecified atom stereocenters. The molecule has 11 nitrogen and oxygen atoms in total. The van der Waals surface area contributed by atoms with E-state index in [4.69, 9.17) is 0 Å². The summed E-state index contributed by atoms with van der Waals surface area (Å²) in [6, 6.07) is 18.6. The first-order chi connectivity index (χ1) is 28.7. The molecule has 0 aliphatic rings.